The first-order chi connectivity index (χ1) is 14.0. The van der Waals surface area contributed by atoms with E-state index in [0.29, 0.717) is 38.3 Å². The van der Waals surface area contributed by atoms with Crippen molar-refractivity contribution in [3.05, 3.63) is 35.9 Å². The molecule has 4 atom stereocenters. The molecule has 1 saturated heterocycles. The maximum atomic E-state index is 10.5. The van der Waals surface area contributed by atoms with E-state index in [1.54, 1.807) is 18.2 Å². The van der Waals surface area contributed by atoms with Gasteiger partial charge in [-0.15, -0.1) is 0 Å². The molecule has 0 radical (unpaired) electrons. The van der Waals surface area contributed by atoms with Crippen LogP contribution >= 0.6 is 23.4 Å². The average molecular weight is 435 g/mol. The van der Waals surface area contributed by atoms with Crippen LogP contribution in [0, 0.1) is 0 Å². The van der Waals surface area contributed by atoms with Gasteiger partial charge in [-0.05, 0) is 12.1 Å². The monoisotopic (exact) mass is 434 g/mol. The van der Waals surface area contributed by atoms with E-state index in [4.69, 9.17) is 26.5 Å². The Balaban J connectivity index is 1.34. The van der Waals surface area contributed by atoms with Gasteiger partial charge >= 0.3 is 0 Å². The highest BCUT2D eigenvalue weighted by atomic mass is 35.5. The number of aliphatic hydroxyl groups is 2. The molecule has 0 amide bonds. The lowest BCUT2D eigenvalue weighted by molar-refractivity contribution is -0.0289. The molecule has 4 N–H and O–H groups in total. The summed E-state index contributed by atoms with van der Waals surface area (Å²) in [5.74, 6) is 0.545. The maximum absolute atomic E-state index is 10.5. The number of imidazole rings is 1. The van der Waals surface area contributed by atoms with Gasteiger partial charge in [-0.2, -0.15) is 0 Å². The van der Waals surface area contributed by atoms with Gasteiger partial charge in [0.25, 0.3) is 5.22 Å². The summed E-state index contributed by atoms with van der Waals surface area (Å²) >= 11 is 7.23. The lowest BCUT2D eigenvalue weighted by Crippen LogP contribution is -2.32. The van der Waals surface area contributed by atoms with Crippen molar-refractivity contribution in [2.24, 2.45) is 0 Å². The molecule has 4 heterocycles. The summed E-state index contributed by atoms with van der Waals surface area (Å²) in [6.45, 7) is 0. The van der Waals surface area contributed by atoms with Crippen LogP contribution in [-0.2, 0) is 4.74 Å². The average Bonchev–Trinajstić information content (AvgIpc) is 3.38. The number of fused-ring (bicyclic) bond motifs is 2. The number of rotatable bonds is 4. The minimum Gasteiger partial charge on any atom is -0.431 e. The standard InChI is InChI=1S/C17H15ClN6O4S/c18-7-1-2-8-9(3-7)28-17(23-8)29-4-10-12(25)13(26)16(27-10)24-6-22-11-14(19)20-5-21-15(11)24/h1-3,5-6,10,12-13,16,25-26H,4H2,(H2,19,20,21)/t10-,12-,13-,16-/m1/s1. The van der Waals surface area contributed by atoms with Crippen LogP contribution in [-0.4, -0.2) is 58.8 Å². The summed E-state index contributed by atoms with van der Waals surface area (Å²) in [5.41, 5.74) is 7.88. The van der Waals surface area contributed by atoms with Crippen molar-refractivity contribution in [2.75, 3.05) is 11.5 Å². The zero-order chi connectivity index (χ0) is 20.1. The van der Waals surface area contributed by atoms with Gasteiger partial charge in [0.2, 0.25) is 0 Å². The molecule has 0 saturated carbocycles. The van der Waals surface area contributed by atoms with Gasteiger partial charge in [0.1, 0.15) is 29.6 Å². The summed E-state index contributed by atoms with van der Waals surface area (Å²) in [6, 6.07) is 5.19. The second kappa shape index (κ2) is 7.11. The molecule has 0 unspecified atom stereocenters. The van der Waals surface area contributed by atoms with Crippen molar-refractivity contribution in [2.45, 2.75) is 29.8 Å². The summed E-state index contributed by atoms with van der Waals surface area (Å²) < 4.78 is 13.1. The number of hydrogen-bond donors (Lipinski definition) is 3. The molecule has 150 valence electrons. The molecular formula is C17H15ClN6O4S. The molecule has 1 aliphatic heterocycles. The van der Waals surface area contributed by atoms with E-state index < -0.39 is 24.5 Å². The number of nitrogens with zero attached hydrogens (tertiary/aromatic N) is 5. The summed E-state index contributed by atoms with van der Waals surface area (Å²) in [6.07, 6.45) is -1.04. The van der Waals surface area contributed by atoms with Gasteiger partial charge in [-0.25, -0.2) is 19.9 Å². The van der Waals surface area contributed by atoms with Crippen molar-refractivity contribution >= 4 is 51.4 Å². The molecule has 12 heteroatoms. The number of anilines is 1. The normalized spacial score (nSPS) is 24.7. The molecule has 0 spiro atoms. The SMILES string of the molecule is Nc1ncnc2c1ncn2[C@@H]1O[C@H](CSc2nc3ccc(Cl)cc3o2)[C@@H](O)[C@H]1O. The first-order valence-corrected chi connectivity index (χ1v) is 10.0. The van der Waals surface area contributed by atoms with E-state index in [9.17, 15) is 10.2 Å². The highest BCUT2D eigenvalue weighted by molar-refractivity contribution is 7.99. The minimum absolute atomic E-state index is 0.227. The van der Waals surface area contributed by atoms with E-state index in [0.717, 1.165) is 0 Å². The van der Waals surface area contributed by atoms with E-state index in [2.05, 4.69) is 19.9 Å². The molecule has 0 bridgehead atoms. The van der Waals surface area contributed by atoms with Gasteiger partial charge in [0.15, 0.2) is 23.3 Å². The van der Waals surface area contributed by atoms with Crippen molar-refractivity contribution in [3.63, 3.8) is 0 Å². The Morgan fingerprint density at radius 3 is 2.93 bits per heavy atom. The second-order valence-electron chi connectivity index (χ2n) is 6.53. The zero-order valence-corrected chi connectivity index (χ0v) is 16.3. The van der Waals surface area contributed by atoms with Gasteiger partial charge in [-0.1, -0.05) is 23.4 Å². The number of hydrogen-bond acceptors (Lipinski definition) is 10. The topological polar surface area (TPSA) is 145 Å². The Morgan fingerprint density at radius 2 is 2.07 bits per heavy atom. The van der Waals surface area contributed by atoms with Crippen LogP contribution in [0.2, 0.25) is 5.02 Å². The van der Waals surface area contributed by atoms with Gasteiger partial charge in [0.05, 0.1) is 12.4 Å². The molecule has 1 fully saturated rings. The third kappa shape index (κ3) is 3.20. The maximum Gasteiger partial charge on any atom is 0.256 e. The zero-order valence-electron chi connectivity index (χ0n) is 14.7. The number of benzene rings is 1. The smallest absolute Gasteiger partial charge is 0.256 e. The lowest BCUT2D eigenvalue weighted by atomic mass is 10.1. The molecule has 10 nitrogen and oxygen atoms in total. The van der Waals surface area contributed by atoms with Gasteiger partial charge < -0.3 is 25.1 Å². The van der Waals surface area contributed by atoms with Crippen LogP contribution in [0.5, 0.6) is 0 Å². The van der Waals surface area contributed by atoms with Crippen LogP contribution in [0.25, 0.3) is 22.3 Å². The third-order valence-electron chi connectivity index (χ3n) is 4.70. The fraction of sp³-hybridized carbons (Fsp3) is 0.294. The highest BCUT2D eigenvalue weighted by Crippen LogP contribution is 2.35. The van der Waals surface area contributed by atoms with Gasteiger partial charge in [0, 0.05) is 16.8 Å². The largest absolute Gasteiger partial charge is 0.431 e. The Morgan fingerprint density at radius 1 is 1.21 bits per heavy atom. The van der Waals surface area contributed by atoms with E-state index in [1.807, 2.05) is 0 Å². The third-order valence-corrected chi connectivity index (χ3v) is 5.85. The molecule has 4 aromatic rings. The van der Waals surface area contributed by atoms with Crippen molar-refractivity contribution < 1.29 is 19.4 Å². The number of ether oxygens (including phenoxy) is 1. The number of aromatic nitrogens is 5. The number of thioether (sulfide) groups is 1. The molecule has 29 heavy (non-hydrogen) atoms. The Bertz CT molecular complexity index is 1200. The molecule has 5 rings (SSSR count). The number of halogens is 1. The number of aliphatic hydroxyl groups excluding tert-OH is 2. The first-order valence-electron chi connectivity index (χ1n) is 8.65. The van der Waals surface area contributed by atoms with E-state index >= 15 is 0 Å². The predicted octanol–water partition coefficient (Wildman–Crippen LogP) is 1.61. The minimum atomic E-state index is -1.17. The first kappa shape index (κ1) is 18.6. The van der Waals surface area contributed by atoms with Crippen LogP contribution in [0.4, 0.5) is 5.82 Å². The number of nitrogens with two attached hydrogens (primary N) is 1. The molecule has 1 aliphatic rings. The fourth-order valence-electron chi connectivity index (χ4n) is 3.25. The van der Waals surface area contributed by atoms with Crippen LogP contribution in [0.15, 0.2) is 40.5 Å². The van der Waals surface area contributed by atoms with E-state index in [1.165, 1.54) is 29.0 Å². The molecule has 0 aliphatic carbocycles. The van der Waals surface area contributed by atoms with Crippen LogP contribution in [0.3, 0.4) is 0 Å². The second-order valence-corrected chi connectivity index (χ2v) is 7.94. The molecule has 1 aromatic carbocycles. The van der Waals surface area contributed by atoms with Crippen LogP contribution in [0.1, 0.15) is 6.23 Å². The lowest BCUT2D eigenvalue weighted by Gasteiger charge is -2.16. The number of nitrogen functional groups attached to an aromatic ring is 1. The predicted molar refractivity (Wildman–Crippen MR) is 105 cm³/mol. The van der Waals surface area contributed by atoms with Crippen molar-refractivity contribution in [3.8, 4) is 0 Å². The summed E-state index contributed by atoms with van der Waals surface area (Å²) in [4.78, 5) is 16.6. The highest BCUT2D eigenvalue weighted by Gasteiger charge is 2.44. The fourth-order valence-corrected chi connectivity index (χ4v) is 4.30. The molecule has 3 aromatic heterocycles. The Hall–Kier alpha value is -2.44. The van der Waals surface area contributed by atoms with Crippen molar-refractivity contribution in [1.82, 2.24) is 24.5 Å². The Labute approximate surface area is 172 Å². The number of oxazole rings is 1. The molecular weight excluding hydrogens is 420 g/mol. The van der Waals surface area contributed by atoms with Gasteiger partial charge in [-0.3, -0.25) is 4.57 Å². The quantitative estimate of drug-likeness (QED) is 0.405. The summed E-state index contributed by atoms with van der Waals surface area (Å²) in [7, 11) is 0. The van der Waals surface area contributed by atoms with E-state index in [-0.39, 0.29) is 5.82 Å². The van der Waals surface area contributed by atoms with Crippen molar-refractivity contribution in [1.29, 1.82) is 0 Å². The van der Waals surface area contributed by atoms with Crippen LogP contribution < -0.4 is 5.73 Å². The summed E-state index contributed by atoms with van der Waals surface area (Å²) in [5, 5.41) is 21.9. The Kier molecular flexibility index (Phi) is 4.56.